The van der Waals surface area contributed by atoms with E-state index >= 15 is 0 Å². The number of amides is 1. The molecule has 0 aliphatic rings. The first-order valence-electron chi connectivity index (χ1n) is 9.35. The minimum Gasteiger partial charge on any atom is -0.495 e. The van der Waals surface area contributed by atoms with E-state index < -0.39 is 22.0 Å². The molecule has 1 atom stereocenters. The first kappa shape index (κ1) is 23.8. The Kier molecular flexibility index (Phi) is 7.97. The number of carbonyl (C=O) groups excluding carboxylic acids is 1. The van der Waals surface area contributed by atoms with Gasteiger partial charge in [0.15, 0.2) is 0 Å². The molecule has 0 aliphatic heterocycles. The van der Waals surface area contributed by atoms with Crippen molar-refractivity contribution in [3.8, 4) is 11.5 Å². The van der Waals surface area contributed by atoms with Gasteiger partial charge in [-0.05, 0) is 56.2 Å². The van der Waals surface area contributed by atoms with Crippen LogP contribution < -0.4 is 19.1 Å². The number of carbonyl (C=O) groups is 1. The average Bonchev–Trinajstić information content (AvgIpc) is 2.67. The Morgan fingerprint density at radius 2 is 1.90 bits per heavy atom. The normalized spacial score (nSPS) is 12.2. The first-order chi connectivity index (χ1) is 14.0. The molecule has 0 fully saturated rings. The summed E-state index contributed by atoms with van der Waals surface area (Å²) in [4.78, 5) is 12.7. The van der Waals surface area contributed by atoms with Crippen LogP contribution >= 0.6 is 11.6 Å². The maximum absolute atomic E-state index is 12.7. The molecular formula is C21H27ClN2O5S. The summed E-state index contributed by atoms with van der Waals surface area (Å²) in [5.74, 6) is 0.509. The fourth-order valence-corrected chi connectivity index (χ4v) is 4.25. The van der Waals surface area contributed by atoms with E-state index in [1.807, 2.05) is 26.0 Å². The highest BCUT2D eigenvalue weighted by molar-refractivity contribution is 7.92. The monoisotopic (exact) mass is 454 g/mol. The van der Waals surface area contributed by atoms with Gasteiger partial charge in [-0.15, -0.1) is 0 Å². The third-order valence-electron chi connectivity index (χ3n) is 4.47. The molecule has 0 radical (unpaired) electrons. The molecule has 0 aliphatic carbocycles. The first-order valence-corrected chi connectivity index (χ1v) is 11.6. The minimum atomic E-state index is -3.75. The zero-order valence-corrected chi connectivity index (χ0v) is 19.3. The van der Waals surface area contributed by atoms with Crippen LogP contribution in [0, 0.1) is 13.8 Å². The molecule has 164 valence electrons. The van der Waals surface area contributed by atoms with Crippen molar-refractivity contribution >= 4 is 33.2 Å². The van der Waals surface area contributed by atoms with Crippen LogP contribution in [0.4, 0.5) is 5.69 Å². The smallest absolute Gasteiger partial charge is 0.243 e. The van der Waals surface area contributed by atoms with E-state index in [1.54, 1.807) is 24.3 Å². The molecule has 0 spiro atoms. The number of aryl methyl sites for hydroxylation is 2. The van der Waals surface area contributed by atoms with Crippen molar-refractivity contribution in [2.75, 3.05) is 30.8 Å². The largest absolute Gasteiger partial charge is 0.495 e. The van der Waals surface area contributed by atoms with Crippen molar-refractivity contribution in [1.82, 2.24) is 5.32 Å². The highest BCUT2D eigenvalue weighted by Crippen LogP contribution is 2.32. The summed E-state index contributed by atoms with van der Waals surface area (Å²) in [6.45, 7) is 5.67. The Morgan fingerprint density at radius 1 is 1.20 bits per heavy atom. The lowest BCUT2D eigenvalue weighted by molar-refractivity contribution is -0.121. The maximum Gasteiger partial charge on any atom is 0.243 e. The summed E-state index contributed by atoms with van der Waals surface area (Å²) < 4.78 is 36.9. The van der Waals surface area contributed by atoms with Gasteiger partial charge in [-0.25, -0.2) is 8.42 Å². The Bertz CT molecular complexity index is 1010. The van der Waals surface area contributed by atoms with Gasteiger partial charge in [-0.2, -0.15) is 0 Å². The quantitative estimate of drug-likeness (QED) is 0.587. The second kappa shape index (κ2) is 10.0. The molecule has 2 aromatic rings. The summed E-state index contributed by atoms with van der Waals surface area (Å²) in [5, 5.41) is 3.31. The molecule has 7 nitrogen and oxygen atoms in total. The zero-order valence-electron chi connectivity index (χ0n) is 17.7. The average molecular weight is 455 g/mol. The van der Waals surface area contributed by atoms with Crippen LogP contribution in [0.25, 0.3) is 0 Å². The van der Waals surface area contributed by atoms with Crippen LogP contribution in [-0.2, 0) is 14.8 Å². The summed E-state index contributed by atoms with van der Waals surface area (Å²) >= 11 is 6.07. The lowest BCUT2D eigenvalue weighted by Gasteiger charge is -2.29. The molecule has 1 N–H and O–H groups in total. The van der Waals surface area contributed by atoms with Gasteiger partial charge in [-0.1, -0.05) is 23.7 Å². The number of benzene rings is 2. The van der Waals surface area contributed by atoms with E-state index in [1.165, 1.54) is 14.0 Å². The summed E-state index contributed by atoms with van der Waals surface area (Å²) in [7, 11) is -2.30. The van der Waals surface area contributed by atoms with Gasteiger partial charge in [0.1, 0.15) is 24.1 Å². The molecule has 1 amide bonds. The number of halogens is 1. The summed E-state index contributed by atoms with van der Waals surface area (Å²) in [6, 6.07) is 9.52. The van der Waals surface area contributed by atoms with Gasteiger partial charge in [0.2, 0.25) is 15.9 Å². The van der Waals surface area contributed by atoms with E-state index in [0.717, 1.165) is 21.7 Å². The Morgan fingerprint density at radius 3 is 2.50 bits per heavy atom. The van der Waals surface area contributed by atoms with E-state index in [-0.39, 0.29) is 13.2 Å². The predicted molar refractivity (Wildman–Crippen MR) is 119 cm³/mol. The standard InChI is InChI=1S/C21H27ClN2O5S/c1-14-6-9-20(28-4)19(12-14)24(30(5,26)27)16(3)21(25)23-10-11-29-17-8-7-15(2)18(22)13-17/h6-9,12-13,16H,10-11H2,1-5H3,(H,23,25). The second-order valence-corrected chi connectivity index (χ2v) is 9.23. The van der Waals surface area contributed by atoms with Crippen LogP contribution in [0.2, 0.25) is 5.02 Å². The highest BCUT2D eigenvalue weighted by Gasteiger charge is 2.31. The molecule has 0 heterocycles. The molecule has 1 unspecified atom stereocenters. The molecule has 9 heteroatoms. The topological polar surface area (TPSA) is 84.9 Å². The molecule has 0 saturated heterocycles. The number of nitrogens with zero attached hydrogens (tertiary/aromatic N) is 1. The molecule has 2 aromatic carbocycles. The van der Waals surface area contributed by atoms with Gasteiger partial charge in [0, 0.05) is 5.02 Å². The number of nitrogens with one attached hydrogen (secondary N) is 1. The fourth-order valence-electron chi connectivity index (χ4n) is 2.91. The molecule has 2 rings (SSSR count). The van der Waals surface area contributed by atoms with Gasteiger partial charge in [0.25, 0.3) is 0 Å². The molecule has 30 heavy (non-hydrogen) atoms. The van der Waals surface area contributed by atoms with Gasteiger partial charge >= 0.3 is 0 Å². The number of sulfonamides is 1. The summed E-state index contributed by atoms with van der Waals surface area (Å²) in [6.07, 6.45) is 1.06. The van der Waals surface area contributed by atoms with Crippen LogP contribution in [0.3, 0.4) is 0 Å². The Hall–Kier alpha value is -2.45. The number of hydrogen-bond acceptors (Lipinski definition) is 5. The number of hydrogen-bond donors (Lipinski definition) is 1. The predicted octanol–water partition coefficient (Wildman–Crippen LogP) is 3.32. The zero-order chi connectivity index (χ0) is 22.5. The van der Waals surface area contributed by atoms with Crippen molar-refractivity contribution < 1.29 is 22.7 Å². The molecule has 0 bridgehead atoms. The summed E-state index contributed by atoms with van der Waals surface area (Å²) in [5.41, 5.74) is 2.10. The number of methoxy groups -OCH3 is 1. The molecule has 0 saturated carbocycles. The third-order valence-corrected chi connectivity index (χ3v) is 6.11. The van der Waals surface area contributed by atoms with Crippen molar-refractivity contribution in [2.24, 2.45) is 0 Å². The van der Waals surface area contributed by atoms with Crippen molar-refractivity contribution in [3.63, 3.8) is 0 Å². The molecular weight excluding hydrogens is 428 g/mol. The van der Waals surface area contributed by atoms with Gasteiger partial charge < -0.3 is 14.8 Å². The van der Waals surface area contributed by atoms with E-state index in [4.69, 9.17) is 21.1 Å². The van der Waals surface area contributed by atoms with Crippen molar-refractivity contribution in [2.45, 2.75) is 26.8 Å². The number of anilines is 1. The lowest BCUT2D eigenvalue weighted by atomic mass is 10.2. The second-order valence-electron chi connectivity index (χ2n) is 6.96. The van der Waals surface area contributed by atoms with Crippen LogP contribution in [0.5, 0.6) is 11.5 Å². The highest BCUT2D eigenvalue weighted by atomic mass is 35.5. The van der Waals surface area contributed by atoms with Crippen LogP contribution in [-0.4, -0.2) is 46.9 Å². The van der Waals surface area contributed by atoms with E-state index in [0.29, 0.717) is 22.2 Å². The Labute approximate surface area is 183 Å². The third kappa shape index (κ3) is 6.03. The Balaban J connectivity index is 2.07. The minimum absolute atomic E-state index is 0.206. The lowest BCUT2D eigenvalue weighted by Crippen LogP contribution is -2.48. The van der Waals surface area contributed by atoms with Crippen molar-refractivity contribution in [1.29, 1.82) is 0 Å². The molecule has 0 aromatic heterocycles. The fraction of sp³-hybridized carbons (Fsp3) is 0.381. The SMILES string of the molecule is COc1ccc(C)cc1N(C(C)C(=O)NCCOc1ccc(C)c(Cl)c1)S(C)(=O)=O. The van der Waals surface area contributed by atoms with Crippen LogP contribution in [0.15, 0.2) is 36.4 Å². The van der Waals surface area contributed by atoms with Gasteiger partial charge in [-0.3, -0.25) is 9.10 Å². The maximum atomic E-state index is 12.7. The van der Waals surface area contributed by atoms with E-state index in [9.17, 15) is 13.2 Å². The number of ether oxygens (including phenoxy) is 2. The van der Waals surface area contributed by atoms with E-state index in [2.05, 4.69) is 5.32 Å². The number of rotatable bonds is 9. The van der Waals surface area contributed by atoms with Crippen LogP contribution in [0.1, 0.15) is 18.1 Å². The van der Waals surface area contributed by atoms with Gasteiger partial charge in [0.05, 0.1) is 25.6 Å². The van der Waals surface area contributed by atoms with Crippen molar-refractivity contribution in [3.05, 3.63) is 52.5 Å².